The fourth-order valence-corrected chi connectivity index (χ4v) is 1.27. The Morgan fingerprint density at radius 3 is 2.91 bits per heavy atom. The molecule has 0 aromatic rings. The van der Waals surface area contributed by atoms with Crippen molar-refractivity contribution in [3.63, 3.8) is 0 Å². The van der Waals surface area contributed by atoms with Crippen LogP contribution in [0.5, 0.6) is 0 Å². The van der Waals surface area contributed by atoms with Crippen molar-refractivity contribution in [2.24, 2.45) is 0 Å². The van der Waals surface area contributed by atoms with Crippen LogP contribution in [0.3, 0.4) is 0 Å². The minimum Gasteiger partial charge on any atom is -0.351 e. The summed E-state index contributed by atoms with van der Waals surface area (Å²) in [6.07, 6.45) is 2.66. The van der Waals surface area contributed by atoms with E-state index in [1.165, 1.54) is 0 Å². The third-order valence-electron chi connectivity index (χ3n) is 1.68. The number of hydrogen-bond acceptors (Lipinski definition) is 3. The number of rotatable bonds is 4. The first-order valence-electron chi connectivity index (χ1n) is 3.82. The molecular formula is C7H14N2OS. The molecule has 1 heterocycles. The highest BCUT2D eigenvalue weighted by Gasteiger charge is 2.17. The van der Waals surface area contributed by atoms with E-state index in [-0.39, 0.29) is 5.91 Å². The fourth-order valence-electron chi connectivity index (χ4n) is 0.885. The third kappa shape index (κ3) is 3.12. The molecule has 4 heteroatoms. The maximum Gasteiger partial charge on any atom is 0.221 e. The Balaban J connectivity index is 2.00. The summed E-state index contributed by atoms with van der Waals surface area (Å²) in [5, 5.41) is 6.04. The van der Waals surface area contributed by atoms with Crippen molar-refractivity contribution in [3.05, 3.63) is 0 Å². The molecule has 1 rings (SSSR count). The zero-order valence-corrected chi connectivity index (χ0v) is 7.54. The Hall–Kier alpha value is -0.220. The minimum absolute atomic E-state index is 0.186. The second kappa shape index (κ2) is 4.62. The first kappa shape index (κ1) is 8.87. The molecule has 2 N–H and O–H groups in total. The standard InChI is InChI=1S/C7H14N2OS/c1-11-3-2-7(10)9-6-4-8-5-6/h6,8H,2-5H2,1H3,(H,9,10). The zero-order valence-electron chi connectivity index (χ0n) is 6.72. The van der Waals surface area contributed by atoms with Gasteiger partial charge < -0.3 is 10.6 Å². The lowest BCUT2D eigenvalue weighted by molar-refractivity contribution is -0.121. The van der Waals surface area contributed by atoms with Crippen molar-refractivity contribution in [2.45, 2.75) is 12.5 Å². The van der Waals surface area contributed by atoms with Crippen molar-refractivity contribution in [3.8, 4) is 0 Å². The lowest BCUT2D eigenvalue weighted by Gasteiger charge is -2.27. The molecule has 1 amide bonds. The summed E-state index contributed by atoms with van der Waals surface area (Å²) in [5.41, 5.74) is 0. The van der Waals surface area contributed by atoms with Crippen LogP contribution in [0.1, 0.15) is 6.42 Å². The van der Waals surface area contributed by atoms with Crippen molar-refractivity contribution in [1.82, 2.24) is 10.6 Å². The molecule has 0 saturated carbocycles. The van der Waals surface area contributed by atoms with Crippen LogP contribution in [-0.4, -0.2) is 37.0 Å². The fraction of sp³-hybridized carbons (Fsp3) is 0.857. The van der Waals surface area contributed by atoms with E-state index >= 15 is 0 Å². The van der Waals surface area contributed by atoms with E-state index in [2.05, 4.69) is 10.6 Å². The second-order valence-electron chi connectivity index (χ2n) is 2.67. The molecule has 3 nitrogen and oxygen atoms in total. The summed E-state index contributed by atoms with van der Waals surface area (Å²) in [6.45, 7) is 1.87. The molecule has 0 radical (unpaired) electrons. The van der Waals surface area contributed by atoms with Crippen LogP contribution in [-0.2, 0) is 4.79 Å². The molecule has 1 saturated heterocycles. The Morgan fingerprint density at radius 1 is 1.73 bits per heavy atom. The van der Waals surface area contributed by atoms with Gasteiger partial charge in [-0.1, -0.05) is 0 Å². The van der Waals surface area contributed by atoms with Crippen molar-refractivity contribution >= 4 is 17.7 Å². The molecule has 0 unspecified atom stereocenters. The average molecular weight is 174 g/mol. The van der Waals surface area contributed by atoms with Gasteiger partial charge in [-0.2, -0.15) is 11.8 Å². The number of carbonyl (C=O) groups excluding carboxylic acids is 1. The number of thioether (sulfide) groups is 1. The van der Waals surface area contributed by atoms with E-state index in [4.69, 9.17) is 0 Å². The number of carbonyl (C=O) groups is 1. The van der Waals surface area contributed by atoms with E-state index in [0.29, 0.717) is 12.5 Å². The van der Waals surface area contributed by atoms with Crippen molar-refractivity contribution in [2.75, 3.05) is 25.1 Å². The maximum absolute atomic E-state index is 11.1. The predicted molar refractivity (Wildman–Crippen MR) is 47.8 cm³/mol. The molecule has 0 atom stereocenters. The summed E-state index contributed by atoms with van der Waals surface area (Å²) >= 11 is 1.71. The molecule has 64 valence electrons. The summed E-state index contributed by atoms with van der Waals surface area (Å²) in [7, 11) is 0. The molecule has 1 aliphatic heterocycles. The van der Waals surface area contributed by atoms with Gasteiger partial charge in [0.1, 0.15) is 0 Å². The summed E-state index contributed by atoms with van der Waals surface area (Å²) in [5.74, 6) is 1.11. The molecule has 0 spiro atoms. The normalized spacial score (nSPS) is 17.5. The maximum atomic E-state index is 11.1. The summed E-state index contributed by atoms with van der Waals surface area (Å²) in [4.78, 5) is 11.1. The van der Waals surface area contributed by atoms with Crippen LogP contribution >= 0.6 is 11.8 Å². The molecule has 0 aromatic heterocycles. The Bertz CT molecular complexity index is 136. The van der Waals surface area contributed by atoms with Gasteiger partial charge in [0.25, 0.3) is 0 Å². The van der Waals surface area contributed by atoms with Gasteiger partial charge >= 0.3 is 0 Å². The third-order valence-corrected chi connectivity index (χ3v) is 2.29. The summed E-state index contributed by atoms with van der Waals surface area (Å²) in [6, 6.07) is 0.393. The van der Waals surface area contributed by atoms with Gasteiger partial charge in [-0.25, -0.2) is 0 Å². The SMILES string of the molecule is CSCCC(=O)NC1CNC1. The van der Waals surface area contributed by atoms with Crippen LogP contribution < -0.4 is 10.6 Å². The van der Waals surface area contributed by atoms with Gasteiger partial charge in [0, 0.05) is 25.3 Å². The Morgan fingerprint density at radius 2 is 2.45 bits per heavy atom. The van der Waals surface area contributed by atoms with E-state index in [0.717, 1.165) is 18.8 Å². The Labute approximate surface area is 71.3 Å². The highest BCUT2D eigenvalue weighted by Crippen LogP contribution is 1.97. The van der Waals surface area contributed by atoms with Gasteiger partial charge in [0.15, 0.2) is 0 Å². The molecule has 0 bridgehead atoms. The predicted octanol–water partition coefficient (Wildman–Crippen LogP) is -0.173. The van der Waals surface area contributed by atoms with E-state index in [1.54, 1.807) is 11.8 Å². The summed E-state index contributed by atoms with van der Waals surface area (Å²) < 4.78 is 0. The van der Waals surface area contributed by atoms with E-state index in [1.807, 2.05) is 6.26 Å². The monoisotopic (exact) mass is 174 g/mol. The molecule has 1 fully saturated rings. The molecule has 11 heavy (non-hydrogen) atoms. The minimum atomic E-state index is 0.186. The highest BCUT2D eigenvalue weighted by atomic mass is 32.2. The van der Waals surface area contributed by atoms with Gasteiger partial charge in [0.05, 0.1) is 6.04 Å². The van der Waals surface area contributed by atoms with E-state index in [9.17, 15) is 4.79 Å². The molecule has 0 aliphatic carbocycles. The van der Waals surface area contributed by atoms with Crippen LogP contribution in [0.25, 0.3) is 0 Å². The van der Waals surface area contributed by atoms with E-state index < -0.39 is 0 Å². The zero-order chi connectivity index (χ0) is 8.10. The largest absolute Gasteiger partial charge is 0.351 e. The smallest absolute Gasteiger partial charge is 0.221 e. The molecule has 0 aromatic carbocycles. The first-order valence-corrected chi connectivity index (χ1v) is 5.21. The topological polar surface area (TPSA) is 41.1 Å². The quantitative estimate of drug-likeness (QED) is 0.621. The highest BCUT2D eigenvalue weighted by molar-refractivity contribution is 7.98. The van der Waals surface area contributed by atoms with Gasteiger partial charge in [-0.3, -0.25) is 4.79 Å². The van der Waals surface area contributed by atoms with Crippen LogP contribution in [0, 0.1) is 0 Å². The lowest BCUT2D eigenvalue weighted by atomic mass is 10.2. The lowest BCUT2D eigenvalue weighted by Crippen LogP contribution is -2.56. The number of amides is 1. The number of nitrogens with one attached hydrogen (secondary N) is 2. The second-order valence-corrected chi connectivity index (χ2v) is 3.65. The number of hydrogen-bond donors (Lipinski definition) is 2. The molecule has 1 aliphatic rings. The average Bonchev–Trinajstić information content (AvgIpc) is 1.93. The first-order chi connectivity index (χ1) is 5.33. The van der Waals surface area contributed by atoms with Crippen LogP contribution in [0.15, 0.2) is 0 Å². The van der Waals surface area contributed by atoms with Gasteiger partial charge in [-0.05, 0) is 6.26 Å². The molecular weight excluding hydrogens is 160 g/mol. The van der Waals surface area contributed by atoms with Crippen LogP contribution in [0.4, 0.5) is 0 Å². The van der Waals surface area contributed by atoms with Gasteiger partial charge in [-0.15, -0.1) is 0 Å². The van der Waals surface area contributed by atoms with Gasteiger partial charge in [0.2, 0.25) is 5.91 Å². The van der Waals surface area contributed by atoms with Crippen LogP contribution in [0.2, 0.25) is 0 Å². The van der Waals surface area contributed by atoms with Crippen molar-refractivity contribution < 1.29 is 4.79 Å². The van der Waals surface area contributed by atoms with Crippen molar-refractivity contribution in [1.29, 1.82) is 0 Å². The Kier molecular flexibility index (Phi) is 3.72.